The summed E-state index contributed by atoms with van der Waals surface area (Å²) in [5.74, 6) is 0.110. The summed E-state index contributed by atoms with van der Waals surface area (Å²) in [4.78, 5) is 11.3. The van der Waals surface area contributed by atoms with Crippen LogP contribution >= 0.6 is 0 Å². The maximum absolute atomic E-state index is 12.8. The number of cyclic esters (lactones) is 1. The molecule has 0 amide bonds. The number of ether oxygens (including phenoxy) is 2. The third-order valence-electron chi connectivity index (χ3n) is 2.97. The van der Waals surface area contributed by atoms with Gasteiger partial charge in [0.15, 0.2) is 0 Å². The van der Waals surface area contributed by atoms with Gasteiger partial charge in [-0.1, -0.05) is 12.1 Å². The lowest BCUT2D eigenvalue weighted by Crippen LogP contribution is -1.97. The maximum Gasteiger partial charge on any atom is 0.338 e. The van der Waals surface area contributed by atoms with E-state index >= 15 is 0 Å². The number of hydrogen-bond donors (Lipinski definition) is 0. The van der Waals surface area contributed by atoms with E-state index in [1.165, 1.54) is 12.1 Å². The highest BCUT2D eigenvalue weighted by Crippen LogP contribution is 2.25. The molecule has 0 bridgehead atoms. The van der Waals surface area contributed by atoms with Crippen LogP contribution in [0.5, 0.6) is 5.75 Å². The second-order valence-electron chi connectivity index (χ2n) is 4.31. The number of fused-ring (bicyclic) bond motifs is 1. The van der Waals surface area contributed by atoms with Crippen molar-refractivity contribution in [1.82, 2.24) is 0 Å². The first-order valence-corrected chi connectivity index (χ1v) is 5.90. The Bertz CT molecular complexity index is 620. The Morgan fingerprint density at radius 2 is 1.95 bits per heavy atom. The lowest BCUT2D eigenvalue weighted by Gasteiger charge is -2.07. The summed E-state index contributed by atoms with van der Waals surface area (Å²) in [6.45, 7) is 0.649. The molecule has 0 spiro atoms. The molecule has 0 N–H and O–H groups in total. The lowest BCUT2D eigenvalue weighted by molar-refractivity contribution is 0.0535. The van der Waals surface area contributed by atoms with E-state index in [9.17, 15) is 9.18 Å². The van der Waals surface area contributed by atoms with Crippen LogP contribution in [0.3, 0.4) is 0 Å². The van der Waals surface area contributed by atoms with Crippen LogP contribution in [0.1, 0.15) is 21.5 Å². The summed E-state index contributed by atoms with van der Waals surface area (Å²) in [5, 5.41) is 0. The second-order valence-corrected chi connectivity index (χ2v) is 4.31. The molecule has 3 rings (SSSR count). The standard InChI is InChI=1S/C15H11FO3/c16-12-3-1-10(2-4-12)8-18-13-5-6-14-11(7-13)9-19-15(14)17/h1-7H,8-9H2. The third-order valence-corrected chi connectivity index (χ3v) is 2.97. The topological polar surface area (TPSA) is 35.5 Å². The van der Waals surface area contributed by atoms with E-state index in [1.54, 1.807) is 30.3 Å². The monoisotopic (exact) mass is 258 g/mol. The fourth-order valence-electron chi connectivity index (χ4n) is 1.95. The molecule has 0 unspecified atom stereocenters. The van der Waals surface area contributed by atoms with Crippen molar-refractivity contribution in [2.75, 3.05) is 0 Å². The minimum absolute atomic E-state index is 0.267. The zero-order valence-electron chi connectivity index (χ0n) is 10.1. The molecule has 2 aromatic carbocycles. The molecule has 0 atom stereocenters. The average molecular weight is 258 g/mol. The minimum Gasteiger partial charge on any atom is -0.489 e. The average Bonchev–Trinajstić information content (AvgIpc) is 2.79. The van der Waals surface area contributed by atoms with E-state index in [-0.39, 0.29) is 11.8 Å². The first-order valence-electron chi connectivity index (χ1n) is 5.90. The summed E-state index contributed by atoms with van der Waals surface area (Å²) in [7, 11) is 0. The Labute approximate surface area is 109 Å². The van der Waals surface area contributed by atoms with Gasteiger partial charge >= 0.3 is 5.97 Å². The molecule has 4 heteroatoms. The zero-order valence-corrected chi connectivity index (χ0v) is 10.1. The number of halogens is 1. The molecular formula is C15H11FO3. The summed E-state index contributed by atoms with van der Waals surface area (Å²) in [5.41, 5.74) is 2.31. The molecule has 96 valence electrons. The van der Waals surface area contributed by atoms with E-state index in [2.05, 4.69) is 0 Å². The van der Waals surface area contributed by atoms with Crippen LogP contribution in [0.15, 0.2) is 42.5 Å². The van der Waals surface area contributed by atoms with Crippen molar-refractivity contribution in [3.8, 4) is 5.75 Å². The molecule has 1 aliphatic rings. The minimum atomic E-state index is -0.292. The van der Waals surface area contributed by atoms with Gasteiger partial charge in [0, 0.05) is 5.56 Å². The fraction of sp³-hybridized carbons (Fsp3) is 0.133. The maximum atomic E-state index is 12.8. The normalized spacial score (nSPS) is 13.0. The van der Waals surface area contributed by atoms with Crippen LogP contribution in [-0.4, -0.2) is 5.97 Å². The quantitative estimate of drug-likeness (QED) is 0.794. The van der Waals surface area contributed by atoms with Crippen LogP contribution < -0.4 is 4.74 Å². The molecule has 2 aromatic rings. The highest BCUT2D eigenvalue weighted by atomic mass is 19.1. The van der Waals surface area contributed by atoms with Gasteiger partial charge in [-0.3, -0.25) is 0 Å². The number of benzene rings is 2. The Morgan fingerprint density at radius 3 is 2.74 bits per heavy atom. The van der Waals surface area contributed by atoms with Crippen LogP contribution in [-0.2, 0) is 18.0 Å². The summed E-state index contributed by atoms with van der Waals surface area (Å²) in [6.07, 6.45) is 0. The van der Waals surface area contributed by atoms with Crippen molar-refractivity contribution >= 4 is 5.97 Å². The summed E-state index contributed by atoms with van der Waals surface area (Å²) in [6, 6.07) is 11.4. The molecule has 1 heterocycles. The number of carbonyl (C=O) groups is 1. The van der Waals surface area contributed by atoms with Crippen molar-refractivity contribution in [3.05, 3.63) is 65.0 Å². The molecule has 1 aliphatic heterocycles. The highest BCUT2D eigenvalue weighted by molar-refractivity contribution is 5.93. The lowest BCUT2D eigenvalue weighted by atomic mass is 10.1. The molecule has 0 fully saturated rings. The molecule has 0 saturated heterocycles. The highest BCUT2D eigenvalue weighted by Gasteiger charge is 2.21. The molecule has 0 saturated carbocycles. The van der Waals surface area contributed by atoms with Crippen LogP contribution in [0, 0.1) is 5.82 Å². The van der Waals surface area contributed by atoms with Crippen LogP contribution in [0.2, 0.25) is 0 Å². The van der Waals surface area contributed by atoms with Gasteiger partial charge in [0.1, 0.15) is 24.8 Å². The number of esters is 1. The Balaban J connectivity index is 1.71. The van der Waals surface area contributed by atoms with Crippen LogP contribution in [0.4, 0.5) is 4.39 Å². The van der Waals surface area contributed by atoms with Crippen LogP contribution in [0.25, 0.3) is 0 Å². The van der Waals surface area contributed by atoms with E-state index in [1.807, 2.05) is 0 Å². The number of rotatable bonds is 3. The first kappa shape index (κ1) is 11.7. The molecule has 0 aliphatic carbocycles. The second kappa shape index (κ2) is 4.72. The van der Waals surface area contributed by atoms with Gasteiger partial charge in [-0.05, 0) is 35.9 Å². The fourth-order valence-corrected chi connectivity index (χ4v) is 1.95. The van der Waals surface area contributed by atoms with Gasteiger partial charge in [-0.15, -0.1) is 0 Å². The number of carbonyl (C=O) groups excluding carboxylic acids is 1. The predicted octanol–water partition coefficient (Wildman–Crippen LogP) is 3.08. The van der Waals surface area contributed by atoms with Gasteiger partial charge in [0.2, 0.25) is 0 Å². The third kappa shape index (κ3) is 2.42. The predicted molar refractivity (Wildman–Crippen MR) is 66.3 cm³/mol. The Kier molecular flexibility index (Phi) is 2.91. The number of hydrogen-bond acceptors (Lipinski definition) is 3. The van der Waals surface area contributed by atoms with Gasteiger partial charge in [-0.25, -0.2) is 9.18 Å². The van der Waals surface area contributed by atoms with E-state index in [0.29, 0.717) is 24.5 Å². The summed E-state index contributed by atoms with van der Waals surface area (Å²) < 4.78 is 23.3. The Hall–Kier alpha value is -2.36. The largest absolute Gasteiger partial charge is 0.489 e. The van der Waals surface area contributed by atoms with E-state index in [4.69, 9.17) is 9.47 Å². The van der Waals surface area contributed by atoms with Crippen molar-refractivity contribution in [2.24, 2.45) is 0 Å². The van der Waals surface area contributed by atoms with E-state index < -0.39 is 0 Å². The SMILES string of the molecule is O=C1OCc2cc(OCc3ccc(F)cc3)ccc21. The molecule has 3 nitrogen and oxygen atoms in total. The van der Waals surface area contributed by atoms with Crippen molar-refractivity contribution < 1.29 is 18.7 Å². The molecule has 0 aromatic heterocycles. The van der Waals surface area contributed by atoms with Gasteiger partial charge < -0.3 is 9.47 Å². The summed E-state index contributed by atoms with van der Waals surface area (Å²) >= 11 is 0. The van der Waals surface area contributed by atoms with Gasteiger partial charge in [0.25, 0.3) is 0 Å². The molecule has 0 radical (unpaired) electrons. The first-order chi connectivity index (χ1) is 9.22. The van der Waals surface area contributed by atoms with Crippen molar-refractivity contribution in [3.63, 3.8) is 0 Å². The van der Waals surface area contributed by atoms with Crippen molar-refractivity contribution in [2.45, 2.75) is 13.2 Å². The molecule has 19 heavy (non-hydrogen) atoms. The van der Waals surface area contributed by atoms with E-state index in [0.717, 1.165) is 11.1 Å². The molecular weight excluding hydrogens is 247 g/mol. The van der Waals surface area contributed by atoms with Crippen molar-refractivity contribution in [1.29, 1.82) is 0 Å². The smallest absolute Gasteiger partial charge is 0.338 e. The Morgan fingerprint density at radius 1 is 1.16 bits per heavy atom. The van der Waals surface area contributed by atoms with Gasteiger partial charge in [0.05, 0.1) is 5.56 Å². The van der Waals surface area contributed by atoms with Gasteiger partial charge in [-0.2, -0.15) is 0 Å². The zero-order chi connectivity index (χ0) is 13.2.